The van der Waals surface area contributed by atoms with Crippen LogP contribution in [0.4, 0.5) is 5.82 Å². The molecule has 0 radical (unpaired) electrons. The first kappa shape index (κ1) is 14.4. The Balaban J connectivity index is 1.85. The van der Waals surface area contributed by atoms with Gasteiger partial charge in [0.2, 0.25) is 5.91 Å². The number of aromatic carboxylic acids is 1. The van der Waals surface area contributed by atoms with E-state index in [1.807, 2.05) is 0 Å². The normalized spacial score (nSPS) is 14.0. The van der Waals surface area contributed by atoms with Crippen molar-refractivity contribution in [2.45, 2.75) is 19.8 Å². The number of aryl methyl sites for hydroxylation is 1. The molecule has 0 saturated heterocycles. The summed E-state index contributed by atoms with van der Waals surface area (Å²) in [4.78, 5) is 31.7. The Morgan fingerprint density at radius 2 is 2.08 bits per heavy atom. The van der Waals surface area contributed by atoms with Gasteiger partial charge in [0.05, 0.1) is 6.20 Å². The minimum Gasteiger partial charge on any atom is -0.476 e. The Kier molecular flexibility index (Phi) is 3.12. The van der Waals surface area contributed by atoms with Crippen molar-refractivity contribution >= 4 is 23.3 Å². The minimum atomic E-state index is -1.14. The number of hydrogen-bond donors (Lipinski definition) is 2. The smallest absolute Gasteiger partial charge is 0.356 e. The number of fused-ring (bicyclic) bond motifs is 1. The van der Waals surface area contributed by atoms with Gasteiger partial charge in [0.15, 0.2) is 22.8 Å². The highest BCUT2D eigenvalue weighted by Gasteiger charge is 2.30. The van der Waals surface area contributed by atoms with Gasteiger partial charge < -0.3 is 19.2 Å². The molecule has 1 amide bonds. The van der Waals surface area contributed by atoms with E-state index in [0.29, 0.717) is 28.7 Å². The summed E-state index contributed by atoms with van der Waals surface area (Å²) in [6.45, 7) is 1.80. The maximum atomic E-state index is 12.0. The number of carboxylic acids is 1. The van der Waals surface area contributed by atoms with E-state index in [-0.39, 0.29) is 17.5 Å². The summed E-state index contributed by atoms with van der Waals surface area (Å²) >= 11 is 0. The van der Waals surface area contributed by atoms with Crippen molar-refractivity contribution < 1.29 is 19.1 Å². The monoisotopic (exact) mass is 326 g/mol. The van der Waals surface area contributed by atoms with Crippen LogP contribution in [0.25, 0.3) is 17.1 Å². The Labute approximate surface area is 136 Å². The summed E-state index contributed by atoms with van der Waals surface area (Å²) < 4.78 is 7.13. The number of hydrogen-bond acceptors (Lipinski definition) is 5. The molecule has 122 valence electrons. The predicted octanol–water partition coefficient (Wildman–Crippen LogP) is 2.34. The van der Waals surface area contributed by atoms with E-state index in [9.17, 15) is 9.59 Å². The van der Waals surface area contributed by atoms with Gasteiger partial charge in [-0.25, -0.2) is 14.8 Å². The standard InChI is InChI=1S/C16H14N4O4/c1-8-2-5-11(24-8)13-14-17-10(16(22)23)6-20(14)7-12(18-13)19-15(21)9-3-4-9/h2,5-7,9H,3-4H2,1H3,(H,19,21)(H,22,23). The van der Waals surface area contributed by atoms with Crippen molar-refractivity contribution in [2.24, 2.45) is 5.92 Å². The van der Waals surface area contributed by atoms with E-state index in [4.69, 9.17) is 9.52 Å². The molecule has 0 bridgehead atoms. The number of carboxylic acid groups (broad SMARTS) is 1. The van der Waals surface area contributed by atoms with Gasteiger partial charge in [-0.3, -0.25) is 4.79 Å². The zero-order valence-electron chi connectivity index (χ0n) is 12.8. The second kappa shape index (κ2) is 5.19. The number of furan rings is 1. The van der Waals surface area contributed by atoms with E-state index in [0.717, 1.165) is 12.8 Å². The summed E-state index contributed by atoms with van der Waals surface area (Å²) in [6.07, 6.45) is 4.69. The predicted molar refractivity (Wildman–Crippen MR) is 83.7 cm³/mol. The number of amides is 1. The van der Waals surface area contributed by atoms with Crippen LogP contribution in [0.5, 0.6) is 0 Å². The molecular formula is C16H14N4O4. The van der Waals surface area contributed by atoms with Crippen molar-refractivity contribution in [2.75, 3.05) is 5.32 Å². The van der Waals surface area contributed by atoms with Crippen LogP contribution < -0.4 is 5.32 Å². The Morgan fingerprint density at radius 1 is 1.29 bits per heavy atom. The molecule has 2 N–H and O–H groups in total. The average Bonchev–Trinajstić information content (AvgIpc) is 3.16. The third-order valence-electron chi connectivity index (χ3n) is 3.83. The summed E-state index contributed by atoms with van der Waals surface area (Å²) in [5, 5.41) is 11.9. The van der Waals surface area contributed by atoms with Crippen LogP contribution in [-0.2, 0) is 4.79 Å². The number of imidazole rings is 1. The third-order valence-corrected chi connectivity index (χ3v) is 3.83. The number of nitrogens with one attached hydrogen (secondary N) is 1. The van der Waals surface area contributed by atoms with Gasteiger partial charge in [-0.1, -0.05) is 0 Å². The molecule has 8 heteroatoms. The lowest BCUT2D eigenvalue weighted by atomic mass is 10.3. The molecule has 1 saturated carbocycles. The molecule has 1 aliphatic rings. The van der Waals surface area contributed by atoms with Gasteiger partial charge in [-0.05, 0) is 31.9 Å². The molecule has 3 heterocycles. The molecule has 1 aliphatic carbocycles. The third kappa shape index (κ3) is 2.51. The minimum absolute atomic E-state index is 0.0363. The Hall–Kier alpha value is -3.16. The average molecular weight is 326 g/mol. The molecule has 4 rings (SSSR count). The largest absolute Gasteiger partial charge is 0.476 e. The fourth-order valence-corrected chi connectivity index (χ4v) is 2.46. The van der Waals surface area contributed by atoms with Gasteiger partial charge in [-0.15, -0.1) is 0 Å². The molecular weight excluding hydrogens is 312 g/mol. The molecule has 8 nitrogen and oxygen atoms in total. The number of aromatic nitrogens is 3. The van der Waals surface area contributed by atoms with E-state index in [2.05, 4.69) is 15.3 Å². The first-order valence-corrected chi connectivity index (χ1v) is 7.52. The Bertz CT molecular complexity index is 968. The summed E-state index contributed by atoms with van der Waals surface area (Å²) in [5.74, 6) is 0.308. The summed E-state index contributed by atoms with van der Waals surface area (Å²) in [6, 6.07) is 3.52. The van der Waals surface area contributed by atoms with E-state index < -0.39 is 5.97 Å². The molecule has 0 spiro atoms. The molecule has 3 aromatic heterocycles. The first-order chi connectivity index (χ1) is 11.5. The van der Waals surface area contributed by atoms with Crippen molar-refractivity contribution in [1.82, 2.24) is 14.4 Å². The molecule has 1 fully saturated rings. The zero-order valence-corrected chi connectivity index (χ0v) is 12.8. The number of anilines is 1. The van der Waals surface area contributed by atoms with Crippen LogP contribution in [-0.4, -0.2) is 31.4 Å². The molecule has 24 heavy (non-hydrogen) atoms. The Morgan fingerprint density at radius 3 is 2.71 bits per heavy atom. The van der Waals surface area contributed by atoms with Crippen LogP contribution in [0.2, 0.25) is 0 Å². The van der Waals surface area contributed by atoms with Crippen molar-refractivity contribution in [1.29, 1.82) is 0 Å². The van der Waals surface area contributed by atoms with E-state index in [1.165, 1.54) is 10.6 Å². The summed E-state index contributed by atoms with van der Waals surface area (Å²) in [7, 11) is 0. The fraction of sp³-hybridized carbons (Fsp3) is 0.250. The second-order valence-corrected chi connectivity index (χ2v) is 5.81. The quantitative estimate of drug-likeness (QED) is 0.761. The topological polar surface area (TPSA) is 110 Å². The van der Waals surface area contributed by atoms with Crippen LogP contribution in [0.15, 0.2) is 28.9 Å². The molecule has 3 aromatic rings. The summed E-state index contributed by atoms with van der Waals surface area (Å²) in [5.41, 5.74) is 0.627. The van der Waals surface area contributed by atoms with Crippen LogP contribution in [0, 0.1) is 12.8 Å². The van der Waals surface area contributed by atoms with Gasteiger partial charge in [0.25, 0.3) is 0 Å². The van der Waals surface area contributed by atoms with Gasteiger partial charge >= 0.3 is 5.97 Å². The van der Waals surface area contributed by atoms with Gasteiger partial charge in [-0.2, -0.15) is 0 Å². The molecule has 0 aliphatic heterocycles. The lowest BCUT2D eigenvalue weighted by Crippen LogP contribution is -2.15. The highest BCUT2D eigenvalue weighted by Crippen LogP contribution is 2.31. The lowest BCUT2D eigenvalue weighted by Gasteiger charge is -2.07. The highest BCUT2D eigenvalue weighted by molar-refractivity contribution is 5.94. The van der Waals surface area contributed by atoms with E-state index in [1.54, 1.807) is 25.3 Å². The number of carbonyl (C=O) groups is 2. The maximum Gasteiger partial charge on any atom is 0.356 e. The number of carbonyl (C=O) groups excluding carboxylic acids is 1. The van der Waals surface area contributed by atoms with Gasteiger partial charge in [0.1, 0.15) is 11.6 Å². The molecule has 0 aromatic carbocycles. The van der Waals surface area contributed by atoms with E-state index >= 15 is 0 Å². The van der Waals surface area contributed by atoms with Gasteiger partial charge in [0, 0.05) is 12.1 Å². The highest BCUT2D eigenvalue weighted by atomic mass is 16.4. The SMILES string of the molecule is Cc1ccc(-c2nc(NC(=O)C3CC3)cn3cc(C(=O)O)nc23)o1. The van der Waals surface area contributed by atoms with Crippen molar-refractivity contribution in [3.05, 3.63) is 36.0 Å². The lowest BCUT2D eigenvalue weighted by molar-refractivity contribution is -0.117. The second-order valence-electron chi connectivity index (χ2n) is 5.81. The van der Waals surface area contributed by atoms with Crippen molar-refractivity contribution in [3.8, 4) is 11.5 Å². The van der Waals surface area contributed by atoms with Crippen LogP contribution >= 0.6 is 0 Å². The van der Waals surface area contributed by atoms with Crippen molar-refractivity contribution in [3.63, 3.8) is 0 Å². The number of rotatable bonds is 4. The maximum absolute atomic E-state index is 12.0. The van der Waals surface area contributed by atoms with Crippen LogP contribution in [0.3, 0.4) is 0 Å². The first-order valence-electron chi connectivity index (χ1n) is 7.52. The molecule has 0 unspecified atom stereocenters. The number of nitrogens with zero attached hydrogens (tertiary/aromatic N) is 3. The fourth-order valence-electron chi connectivity index (χ4n) is 2.46. The van der Waals surface area contributed by atoms with Crippen LogP contribution in [0.1, 0.15) is 29.1 Å². The molecule has 0 atom stereocenters. The zero-order chi connectivity index (χ0) is 16.8.